The highest BCUT2D eigenvalue weighted by Gasteiger charge is 1.90. The maximum atomic E-state index is 9.66. The summed E-state index contributed by atoms with van der Waals surface area (Å²) < 4.78 is 0. The molecule has 76 valence electrons. The van der Waals surface area contributed by atoms with Gasteiger partial charge >= 0.3 is 11.9 Å². The predicted octanol–water partition coefficient (Wildman–Crippen LogP) is 0.969. The van der Waals surface area contributed by atoms with Crippen LogP contribution in [0, 0.1) is 24.7 Å². The summed E-state index contributed by atoms with van der Waals surface area (Å²) in [7, 11) is 0. The van der Waals surface area contributed by atoms with Gasteiger partial charge in [0, 0.05) is 12.8 Å². The van der Waals surface area contributed by atoms with Crippen molar-refractivity contribution in [2.75, 3.05) is 0 Å². The van der Waals surface area contributed by atoms with Crippen molar-refractivity contribution in [2.24, 2.45) is 0 Å². The lowest BCUT2D eigenvalue weighted by molar-refractivity contribution is -0.137. The Morgan fingerprint density at radius 2 is 1.21 bits per heavy atom. The minimum atomic E-state index is -0.835. The molecular weight excluding hydrogens is 184 g/mol. The second-order valence-electron chi connectivity index (χ2n) is 2.20. The van der Waals surface area contributed by atoms with Crippen molar-refractivity contribution >= 4 is 11.9 Å². The molecule has 0 unspecified atom stereocenters. The first-order valence-electron chi connectivity index (χ1n) is 3.85. The van der Waals surface area contributed by atoms with Crippen LogP contribution in [0.3, 0.4) is 0 Å². The first kappa shape index (κ1) is 14.6. The Morgan fingerprint density at radius 1 is 0.929 bits per heavy atom. The van der Waals surface area contributed by atoms with Gasteiger partial charge in [0.25, 0.3) is 0 Å². The number of carboxylic acid groups (broad SMARTS) is 2. The zero-order valence-electron chi connectivity index (χ0n) is 7.69. The molecule has 0 fully saturated rings. The van der Waals surface area contributed by atoms with E-state index in [0.717, 1.165) is 0 Å². The van der Waals surface area contributed by atoms with Gasteiger partial charge in [0.05, 0.1) is 12.8 Å². The molecular formula is C10H12O4. The zero-order chi connectivity index (χ0) is 11.4. The fourth-order valence-corrected chi connectivity index (χ4v) is 0.358. The first-order chi connectivity index (χ1) is 6.54. The zero-order valence-corrected chi connectivity index (χ0v) is 7.69. The van der Waals surface area contributed by atoms with E-state index in [-0.39, 0.29) is 12.8 Å². The van der Waals surface area contributed by atoms with E-state index in [1.807, 2.05) is 0 Å². The molecule has 0 aromatic rings. The van der Waals surface area contributed by atoms with Gasteiger partial charge in [-0.2, -0.15) is 0 Å². The molecule has 4 heteroatoms. The molecule has 14 heavy (non-hydrogen) atoms. The molecule has 0 aliphatic carbocycles. The monoisotopic (exact) mass is 196 g/mol. The maximum Gasteiger partial charge on any atom is 0.304 e. The lowest BCUT2D eigenvalue weighted by Gasteiger charge is -1.80. The summed E-state index contributed by atoms with van der Waals surface area (Å²) in [5, 5.41) is 15.9. The third kappa shape index (κ3) is 22.5. The summed E-state index contributed by atoms with van der Waals surface area (Å²) in [5.41, 5.74) is 0. The lowest BCUT2D eigenvalue weighted by atomic mass is 10.3. The topological polar surface area (TPSA) is 74.6 Å². The van der Waals surface area contributed by atoms with E-state index in [1.54, 1.807) is 0 Å². The second-order valence-corrected chi connectivity index (χ2v) is 2.20. The third-order valence-electron chi connectivity index (χ3n) is 0.966. The van der Waals surface area contributed by atoms with Crippen LogP contribution in [0.2, 0.25) is 0 Å². The normalized spacial score (nSPS) is 7.29. The van der Waals surface area contributed by atoms with Crippen LogP contribution >= 0.6 is 0 Å². The van der Waals surface area contributed by atoms with Crippen LogP contribution < -0.4 is 0 Å². The van der Waals surface area contributed by atoms with Gasteiger partial charge < -0.3 is 10.2 Å². The molecule has 0 bridgehead atoms. The van der Waals surface area contributed by atoms with Gasteiger partial charge in [-0.25, -0.2) is 0 Å². The number of carboxylic acids is 2. The minimum absolute atomic E-state index is 0.0799. The van der Waals surface area contributed by atoms with E-state index < -0.39 is 11.9 Å². The van der Waals surface area contributed by atoms with E-state index >= 15 is 0 Å². The largest absolute Gasteiger partial charge is 0.481 e. The van der Waals surface area contributed by atoms with Crippen LogP contribution in [0.15, 0.2) is 0 Å². The molecule has 0 aliphatic rings. The minimum Gasteiger partial charge on any atom is -0.481 e. The summed E-state index contributed by atoms with van der Waals surface area (Å²) >= 11 is 0. The second kappa shape index (κ2) is 11.1. The molecule has 0 heterocycles. The van der Waals surface area contributed by atoms with Gasteiger partial charge in [-0.15, -0.1) is 24.7 Å². The van der Waals surface area contributed by atoms with Crippen molar-refractivity contribution in [3.63, 3.8) is 0 Å². The standard InChI is InChI=1S/2C5H6O2/c2*1-2-3-4-5(6)7/h2*1H,3-4H2,(H,6,7). The molecule has 2 N–H and O–H groups in total. The van der Waals surface area contributed by atoms with Crippen molar-refractivity contribution in [2.45, 2.75) is 25.7 Å². The smallest absolute Gasteiger partial charge is 0.304 e. The molecule has 0 aromatic carbocycles. The number of hydrogen-bond donors (Lipinski definition) is 2. The molecule has 0 rings (SSSR count). The third-order valence-corrected chi connectivity index (χ3v) is 0.966. The summed E-state index contributed by atoms with van der Waals surface area (Å²) in [5.74, 6) is 2.77. The van der Waals surface area contributed by atoms with Gasteiger partial charge in [-0.1, -0.05) is 0 Å². The predicted molar refractivity (Wildman–Crippen MR) is 51.4 cm³/mol. The molecule has 0 atom stereocenters. The van der Waals surface area contributed by atoms with Crippen molar-refractivity contribution in [3.8, 4) is 24.7 Å². The van der Waals surface area contributed by atoms with Crippen molar-refractivity contribution in [1.82, 2.24) is 0 Å². The first-order valence-corrected chi connectivity index (χ1v) is 3.85. The van der Waals surface area contributed by atoms with Crippen LogP contribution in [-0.2, 0) is 9.59 Å². The Labute approximate surface area is 82.9 Å². The Hall–Kier alpha value is -1.94. The van der Waals surface area contributed by atoms with Crippen molar-refractivity contribution in [3.05, 3.63) is 0 Å². The summed E-state index contributed by atoms with van der Waals surface area (Å²) in [6.07, 6.45) is 10.3. The highest BCUT2D eigenvalue weighted by atomic mass is 16.4. The Kier molecular flexibility index (Phi) is 11.5. The molecule has 0 saturated carbocycles. The molecule has 0 saturated heterocycles. The number of terminal acetylenes is 2. The van der Waals surface area contributed by atoms with Gasteiger partial charge in [-0.3, -0.25) is 9.59 Å². The Balaban J connectivity index is 0. The summed E-state index contributed by atoms with van der Waals surface area (Å²) in [4.78, 5) is 19.3. The van der Waals surface area contributed by atoms with Crippen LogP contribution in [-0.4, -0.2) is 22.2 Å². The molecule has 0 radical (unpaired) electrons. The molecule has 0 amide bonds. The van der Waals surface area contributed by atoms with E-state index in [4.69, 9.17) is 23.1 Å². The van der Waals surface area contributed by atoms with Crippen LogP contribution in [0.1, 0.15) is 25.7 Å². The summed E-state index contributed by atoms with van der Waals surface area (Å²) in [6, 6.07) is 0. The average molecular weight is 196 g/mol. The fourth-order valence-electron chi connectivity index (χ4n) is 0.358. The molecule has 0 aromatic heterocycles. The van der Waals surface area contributed by atoms with Gasteiger partial charge in [0.1, 0.15) is 0 Å². The van der Waals surface area contributed by atoms with E-state index in [1.165, 1.54) is 0 Å². The van der Waals surface area contributed by atoms with Crippen LogP contribution in [0.4, 0.5) is 0 Å². The van der Waals surface area contributed by atoms with E-state index in [0.29, 0.717) is 12.8 Å². The van der Waals surface area contributed by atoms with E-state index in [9.17, 15) is 9.59 Å². The number of hydrogen-bond acceptors (Lipinski definition) is 2. The summed E-state index contributed by atoms with van der Waals surface area (Å²) in [6.45, 7) is 0. The molecule has 4 nitrogen and oxygen atoms in total. The number of carbonyl (C=O) groups is 2. The van der Waals surface area contributed by atoms with Gasteiger partial charge in [0.15, 0.2) is 0 Å². The maximum absolute atomic E-state index is 9.66. The van der Waals surface area contributed by atoms with E-state index in [2.05, 4.69) is 11.8 Å². The molecule has 0 aliphatic heterocycles. The van der Waals surface area contributed by atoms with Crippen molar-refractivity contribution in [1.29, 1.82) is 0 Å². The quantitative estimate of drug-likeness (QED) is 0.657. The highest BCUT2D eigenvalue weighted by Crippen LogP contribution is 1.83. The Bertz CT molecular complexity index is 226. The van der Waals surface area contributed by atoms with Gasteiger partial charge in [0.2, 0.25) is 0 Å². The number of aliphatic carboxylic acids is 2. The van der Waals surface area contributed by atoms with Gasteiger partial charge in [-0.05, 0) is 0 Å². The average Bonchev–Trinajstić information content (AvgIpc) is 2.12. The van der Waals surface area contributed by atoms with Crippen LogP contribution in [0.25, 0.3) is 0 Å². The van der Waals surface area contributed by atoms with Crippen LogP contribution in [0.5, 0.6) is 0 Å². The Morgan fingerprint density at radius 3 is 1.29 bits per heavy atom. The molecule has 0 spiro atoms. The lowest BCUT2D eigenvalue weighted by Crippen LogP contribution is -1.91. The highest BCUT2D eigenvalue weighted by molar-refractivity contribution is 5.67. The number of rotatable bonds is 4. The van der Waals surface area contributed by atoms with Crippen molar-refractivity contribution < 1.29 is 19.8 Å². The SMILES string of the molecule is C#CCCC(=O)O.C#CCCC(=O)O. The fraction of sp³-hybridized carbons (Fsp3) is 0.400.